The maximum atomic E-state index is 9.51. The van der Waals surface area contributed by atoms with Gasteiger partial charge in [-0.1, -0.05) is 6.92 Å². The molecule has 1 N–H and O–H groups in total. The van der Waals surface area contributed by atoms with Crippen LogP contribution in [0.3, 0.4) is 0 Å². The second-order valence-electron chi connectivity index (χ2n) is 5.34. The standard InChI is InChI=1S/C13H26N2O/c1-2-13(16)6-4-7-14-9-10-15-8-3-5-12(15)11-14/h12-13,16H,2-11H2,1H3. The highest BCUT2D eigenvalue weighted by molar-refractivity contribution is 4.86. The average molecular weight is 226 g/mol. The molecule has 3 nitrogen and oxygen atoms in total. The van der Waals surface area contributed by atoms with Crippen molar-refractivity contribution < 1.29 is 5.11 Å². The Balaban J connectivity index is 1.63. The fourth-order valence-electron chi connectivity index (χ4n) is 3.01. The number of nitrogens with zero attached hydrogens (tertiary/aromatic N) is 2. The molecule has 0 amide bonds. The van der Waals surface area contributed by atoms with Crippen LogP contribution in [-0.2, 0) is 0 Å². The van der Waals surface area contributed by atoms with Crippen molar-refractivity contribution in [3.05, 3.63) is 0 Å². The van der Waals surface area contributed by atoms with E-state index in [9.17, 15) is 5.11 Å². The Labute approximate surface area is 99.4 Å². The van der Waals surface area contributed by atoms with Gasteiger partial charge in [-0.3, -0.25) is 4.90 Å². The lowest BCUT2D eigenvalue weighted by atomic mass is 10.1. The zero-order chi connectivity index (χ0) is 11.4. The molecule has 0 aromatic rings. The Hall–Kier alpha value is -0.120. The number of piperazine rings is 1. The van der Waals surface area contributed by atoms with Crippen molar-refractivity contribution in [3.63, 3.8) is 0 Å². The Morgan fingerprint density at radius 1 is 1.31 bits per heavy atom. The van der Waals surface area contributed by atoms with Crippen molar-refractivity contribution >= 4 is 0 Å². The van der Waals surface area contributed by atoms with E-state index < -0.39 is 0 Å². The van der Waals surface area contributed by atoms with E-state index in [4.69, 9.17) is 0 Å². The summed E-state index contributed by atoms with van der Waals surface area (Å²) in [6.07, 6.45) is 5.74. The number of fused-ring (bicyclic) bond motifs is 1. The maximum absolute atomic E-state index is 9.51. The van der Waals surface area contributed by atoms with Crippen molar-refractivity contribution in [3.8, 4) is 0 Å². The van der Waals surface area contributed by atoms with E-state index in [2.05, 4.69) is 16.7 Å². The van der Waals surface area contributed by atoms with Crippen LogP contribution in [0.15, 0.2) is 0 Å². The summed E-state index contributed by atoms with van der Waals surface area (Å²) in [4.78, 5) is 5.24. The van der Waals surface area contributed by atoms with Gasteiger partial charge in [0, 0.05) is 25.7 Å². The first kappa shape index (κ1) is 12.3. The van der Waals surface area contributed by atoms with E-state index in [1.165, 1.54) is 45.6 Å². The summed E-state index contributed by atoms with van der Waals surface area (Å²) in [5.41, 5.74) is 0. The number of aliphatic hydroxyl groups excluding tert-OH is 1. The molecule has 2 saturated heterocycles. The summed E-state index contributed by atoms with van der Waals surface area (Å²) in [7, 11) is 0. The fraction of sp³-hybridized carbons (Fsp3) is 1.00. The maximum Gasteiger partial charge on any atom is 0.0538 e. The van der Waals surface area contributed by atoms with Crippen molar-refractivity contribution in [2.45, 2.75) is 51.2 Å². The minimum atomic E-state index is -0.0761. The molecule has 0 bridgehead atoms. The number of hydrogen-bond donors (Lipinski definition) is 1. The van der Waals surface area contributed by atoms with Crippen LogP contribution in [0, 0.1) is 0 Å². The lowest BCUT2D eigenvalue weighted by Crippen LogP contribution is -2.50. The molecule has 16 heavy (non-hydrogen) atoms. The first-order valence-electron chi connectivity index (χ1n) is 6.94. The third-order valence-corrected chi connectivity index (χ3v) is 4.15. The SMILES string of the molecule is CCC(O)CCCN1CCN2CCCC2C1. The number of rotatable bonds is 5. The largest absolute Gasteiger partial charge is 0.393 e. The van der Waals surface area contributed by atoms with Crippen LogP contribution < -0.4 is 0 Å². The molecule has 2 rings (SSSR count). The molecule has 0 aromatic heterocycles. The zero-order valence-corrected chi connectivity index (χ0v) is 10.6. The van der Waals surface area contributed by atoms with E-state index in [0.29, 0.717) is 0 Å². The second-order valence-corrected chi connectivity index (χ2v) is 5.34. The predicted octanol–water partition coefficient (Wildman–Crippen LogP) is 1.32. The topological polar surface area (TPSA) is 26.7 Å². The molecule has 2 unspecified atom stereocenters. The molecule has 0 aliphatic carbocycles. The Morgan fingerprint density at radius 2 is 2.19 bits per heavy atom. The quantitative estimate of drug-likeness (QED) is 0.766. The highest BCUT2D eigenvalue weighted by atomic mass is 16.3. The molecule has 94 valence electrons. The van der Waals surface area contributed by atoms with Gasteiger partial charge in [-0.05, 0) is 45.2 Å². The van der Waals surface area contributed by atoms with Crippen LogP contribution >= 0.6 is 0 Å². The van der Waals surface area contributed by atoms with Crippen LogP contribution in [0.4, 0.5) is 0 Å². The van der Waals surface area contributed by atoms with E-state index in [1.54, 1.807) is 0 Å². The van der Waals surface area contributed by atoms with Crippen LogP contribution in [0.25, 0.3) is 0 Å². The van der Waals surface area contributed by atoms with Gasteiger partial charge in [-0.25, -0.2) is 0 Å². The molecule has 2 heterocycles. The molecule has 0 radical (unpaired) electrons. The summed E-state index contributed by atoms with van der Waals surface area (Å²) >= 11 is 0. The molecule has 2 aliphatic rings. The molecule has 2 atom stereocenters. The number of hydrogen-bond acceptors (Lipinski definition) is 3. The molecular weight excluding hydrogens is 200 g/mol. The Morgan fingerprint density at radius 3 is 3.00 bits per heavy atom. The average Bonchev–Trinajstić information content (AvgIpc) is 2.76. The molecule has 3 heteroatoms. The first-order chi connectivity index (χ1) is 7.79. The Bertz CT molecular complexity index is 210. The predicted molar refractivity (Wildman–Crippen MR) is 66.6 cm³/mol. The molecular formula is C13H26N2O. The van der Waals surface area contributed by atoms with Gasteiger partial charge >= 0.3 is 0 Å². The second kappa shape index (κ2) is 5.99. The van der Waals surface area contributed by atoms with Gasteiger partial charge < -0.3 is 10.0 Å². The van der Waals surface area contributed by atoms with E-state index in [-0.39, 0.29) is 6.10 Å². The smallest absolute Gasteiger partial charge is 0.0538 e. The van der Waals surface area contributed by atoms with Gasteiger partial charge in [0.05, 0.1) is 6.10 Å². The summed E-state index contributed by atoms with van der Waals surface area (Å²) in [6, 6.07) is 0.838. The van der Waals surface area contributed by atoms with Crippen molar-refractivity contribution in [1.29, 1.82) is 0 Å². The lowest BCUT2D eigenvalue weighted by Gasteiger charge is -2.37. The molecule has 0 saturated carbocycles. The van der Waals surface area contributed by atoms with Crippen molar-refractivity contribution in [2.24, 2.45) is 0 Å². The van der Waals surface area contributed by atoms with E-state index in [0.717, 1.165) is 25.3 Å². The normalized spacial score (nSPS) is 29.2. The Kier molecular flexibility index (Phi) is 4.62. The molecule has 0 aromatic carbocycles. The third kappa shape index (κ3) is 3.19. The van der Waals surface area contributed by atoms with Gasteiger partial charge in [0.2, 0.25) is 0 Å². The third-order valence-electron chi connectivity index (χ3n) is 4.15. The summed E-state index contributed by atoms with van der Waals surface area (Å²) in [5.74, 6) is 0. The fourth-order valence-corrected chi connectivity index (χ4v) is 3.01. The van der Waals surface area contributed by atoms with Crippen molar-refractivity contribution in [1.82, 2.24) is 9.80 Å². The van der Waals surface area contributed by atoms with Crippen LogP contribution in [0.5, 0.6) is 0 Å². The minimum Gasteiger partial charge on any atom is -0.393 e. The van der Waals surface area contributed by atoms with Gasteiger partial charge in [-0.2, -0.15) is 0 Å². The van der Waals surface area contributed by atoms with Crippen LogP contribution in [0.1, 0.15) is 39.0 Å². The summed E-state index contributed by atoms with van der Waals surface area (Å²) in [6.45, 7) is 8.33. The summed E-state index contributed by atoms with van der Waals surface area (Å²) in [5, 5.41) is 9.51. The highest BCUT2D eigenvalue weighted by Gasteiger charge is 2.29. The number of aliphatic hydroxyl groups is 1. The molecule has 2 aliphatic heterocycles. The van der Waals surface area contributed by atoms with Crippen molar-refractivity contribution in [2.75, 3.05) is 32.7 Å². The van der Waals surface area contributed by atoms with Gasteiger partial charge in [-0.15, -0.1) is 0 Å². The highest BCUT2D eigenvalue weighted by Crippen LogP contribution is 2.21. The molecule has 0 spiro atoms. The molecule has 2 fully saturated rings. The van der Waals surface area contributed by atoms with Crippen LogP contribution in [-0.4, -0.2) is 59.8 Å². The van der Waals surface area contributed by atoms with Gasteiger partial charge in [0.1, 0.15) is 0 Å². The lowest BCUT2D eigenvalue weighted by molar-refractivity contribution is 0.0955. The zero-order valence-electron chi connectivity index (χ0n) is 10.6. The van der Waals surface area contributed by atoms with Gasteiger partial charge in [0.15, 0.2) is 0 Å². The first-order valence-corrected chi connectivity index (χ1v) is 6.94. The monoisotopic (exact) mass is 226 g/mol. The summed E-state index contributed by atoms with van der Waals surface area (Å²) < 4.78 is 0. The van der Waals surface area contributed by atoms with Crippen LogP contribution in [0.2, 0.25) is 0 Å². The van der Waals surface area contributed by atoms with E-state index in [1.807, 2.05) is 0 Å². The van der Waals surface area contributed by atoms with Gasteiger partial charge in [0.25, 0.3) is 0 Å². The van der Waals surface area contributed by atoms with E-state index >= 15 is 0 Å². The minimum absolute atomic E-state index is 0.0761.